The zero-order chi connectivity index (χ0) is 15.2. The summed E-state index contributed by atoms with van der Waals surface area (Å²) in [6.07, 6.45) is 3.00. The molecule has 2 fully saturated rings. The number of hydrogen-bond donors (Lipinski definition) is 0. The molecule has 2 heterocycles. The summed E-state index contributed by atoms with van der Waals surface area (Å²) in [7, 11) is 0. The number of rotatable bonds is 4. The molecule has 3 unspecified atom stereocenters. The maximum absolute atomic E-state index is 11.1. The number of thioether (sulfide) groups is 1. The topological polar surface area (TPSA) is 92.5 Å². The third-order valence-electron chi connectivity index (χ3n) is 4.16. The van der Waals surface area contributed by atoms with Gasteiger partial charge < -0.3 is 14.6 Å². The fourth-order valence-electron chi connectivity index (χ4n) is 3.12. The van der Waals surface area contributed by atoms with E-state index in [0.717, 1.165) is 31.4 Å². The summed E-state index contributed by atoms with van der Waals surface area (Å²) in [6.45, 7) is 1.94. The molecule has 2 aliphatic rings. The molecular weight excluding hydrogens is 294 g/mol. The molecule has 0 aromatic heterocycles. The van der Waals surface area contributed by atoms with Gasteiger partial charge in [-0.2, -0.15) is 11.8 Å². The maximum atomic E-state index is 11.1. The number of hydrogen-bond acceptors (Lipinski definition) is 6. The van der Waals surface area contributed by atoms with Crippen LogP contribution in [0.3, 0.4) is 0 Å². The number of aromatic carboxylic acids is 1. The Bertz CT molecular complexity index is 619. The molecule has 1 aromatic rings. The van der Waals surface area contributed by atoms with E-state index in [1.54, 1.807) is 0 Å². The van der Waals surface area contributed by atoms with Crippen LogP contribution in [0.25, 0.3) is 0 Å². The van der Waals surface area contributed by atoms with Crippen LogP contribution in [0, 0.1) is 10.1 Å². The minimum Gasteiger partial charge on any atom is -0.545 e. The van der Waals surface area contributed by atoms with Gasteiger partial charge in [-0.15, -0.1) is 0 Å². The van der Waals surface area contributed by atoms with Crippen molar-refractivity contribution in [1.82, 2.24) is 0 Å². The number of fused-ring (bicyclic) bond motifs is 2. The SMILES string of the molecule is CC1(Oc2cc(C(=O)[O-])ccc2[N+](=O)[O-])CC2CCC1S2. The third-order valence-corrected chi connectivity index (χ3v) is 6.01. The minimum absolute atomic E-state index is 0.0114. The molecule has 21 heavy (non-hydrogen) atoms. The maximum Gasteiger partial charge on any atom is 0.310 e. The average Bonchev–Trinajstić information content (AvgIpc) is 2.97. The number of ether oxygens (including phenoxy) is 1. The zero-order valence-electron chi connectivity index (χ0n) is 11.4. The third kappa shape index (κ3) is 2.46. The Labute approximate surface area is 125 Å². The van der Waals surface area contributed by atoms with E-state index in [0.29, 0.717) is 10.5 Å². The number of carboxylic acids is 1. The molecule has 0 aliphatic carbocycles. The second-order valence-electron chi connectivity index (χ2n) is 5.67. The van der Waals surface area contributed by atoms with E-state index >= 15 is 0 Å². The molecule has 2 aliphatic heterocycles. The van der Waals surface area contributed by atoms with Gasteiger partial charge in [0.1, 0.15) is 5.60 Å². The van der Waals surface area contributed by atoms with Crippen LogP contribution in [0.4, 0.5) is 5.69 Å². The molecule has 0 N–H and O–H groups in total. The van der Waals surface area contributed by atoms with Crippen LogP contribution in [0.2, 0.25) is 0 Å². The fraction of sp³-hybridized carbons (Fsp3) is 0.500. The lowest BCUT2D eigenvalue weighted by atomic mass is 9.86. The Balaban J connectivity index is 1.95. The van der Waals surface area contributed by atoms with E-state index in [4.69, 9.17) is 4.74 Å². The number of nitro groups is 1. The Morgan fingerprint density at radius 3 is 2.76 bits per heavy atom. The zero-order valence-corrected chi connectivity index (χ0v) is 12.2. The van der Waals surface area contributed by atoms with E-state index in [-0.39, 0.29) is 17.0 Å². The van der Waals surface area contributed by atoms with Crippen LogP contribution < -0.4 is 9.84 Å². The Morgan fingerprint density at radius 2 is 2.24 bits per heavy atom. The number of carbonyl (C=O) groups is 1. The number of nitro benzene ring substituents is 1. The van der Waals surface area contributed by atoms with Crippen LogP contribution in [0.5, 0.6) is 5.75 Å². The molecule has 3 rings (SSSR count). The highest BCUT2D eigenvalue weighted by Gasteiger charge is 2.51. The van der Waals surface area contributed by atoms with Gasteiger partial charge in [0.15, 0.2) is 5.75 Å². The van der Waals surface area contributed by atoms with Gasteiger partial charge in [-0.1, -0.05) is 0 Å². The smallest absolute Gasteiger partial charge is 0.310 e. The molecule has 6 nitrogen and oxygen atoms in total. The number of carbonyl (C=O) groups excluding carboxylic acids is 1. The molecule has 2 bridgehead atoms. The van der Waals surface area contributed by atoms with E-state index in [1.165, 1.54) is 6.07 Å². The number of nitrogens with zero attached hydrogens (tertiary/aromatic N) is 1. The second-order valence-corrected chi connectivity index (χ2v) is 7.18. The van der Waals surface area contributed by atoms with Crippen LogP contribution in [0.1, 0.15) is 36.5 Å². The Hall–Kier alpha value is -1.76. The van der Waals surface area contributed by atoms with E-state index in [2.05, 4.69) is 0 Å². The minimum atomic E-state index is -1.37. The fourth-order valence-corrected chi connectivity index (χ4v) is 4.99. The molecule has 7 heteroatoms. The van der Waals surface area contributed by atoms with Crippen molar-refractivity contribution in [2.24, 2.45) is 0 Å². The van der Waals surface area contributed by atoms with E-state index < -0.39 is 16.5 Å². The summed E-state index contributed by atoms with van der Waals surface area (Å²) >= 11 is 1.86. The summed E-state index contributed by atoms with van der Waals surface area (Å²) in [4.78, 5) is 21.5. The van der Waals surface area contributed by atoms with Crippen molar-refractivity contribution in [2.75, 3.05) is 0 Å². The van der Waals surface area contributed by atoms with E-state index in [9.17, 15) is 20.0 Å². The average molecular weight is 308 g/mol. The van der Waals surface area contributed by atoms with Crippen molar-refractivity contribution in [3.8, 4) is 5.75 Å². The van der Waals surface area contributed by atoms with Crippen molar-refractivity contribution >= 4 is 23.4 Å². The largest absolute Gasteiger partial charge is 0.545 e. The summed E-state index contributed by atoms with van der Waals surface area (Å²) in [5.74, 6) is -1.36. The first-order valence-electron chi connectivity index (χ1n) is 6.73. The summed E-state index contributed by atoms with van der Waals surface area (Å²) in [5.41, 5.74) is -0.813. The van der Waals surface area contributed by atoms with Crippen molar-refractivity contribution in [3.05, 3.63) is 33.9 Å². The quantitative estimate of drug-likeness (QED) is 0.621. The molecule has 0 saturated carbocycles. The van der Waals surface area contributed by atoms with Crippen LogP contribution in [0.15, 0.2) is 18.2 Å². The summed E-state index contributed by atoms with van der Waals surface area (Å²) in [5, 5.41) is 22.9. The highest BCUT2D eigenvalue weighted by atomic mass is 32.2. The highest BCUT2D eigenvalue weighted by molar-refractivity contribution is 8.01. The van der Waals surface area contributed by atoms with Crippen LogP contribution in [-0.2, 0) is 0 Å². The van der Waals surface area contributed by atoms with Gasteiger partial charge in [0.25, 0.3) is 0 Å². The van der Waals surface area contributed by atoms with Crippen molar-refractivity contribution in [1.29, 1.82) is 0 Å². The van der Waals surface area contributed by atoms with Gasteiger partial charge in [0.2, 0.25) is 0 Å². The molecule has 112 valence electrons. The second kappa shape index (κ2) is 4.91. The number of carboxylic acid groups (broad SMARTS) is 1. The van der Waals surface area contributed by atoms with Crippen LogP contribution in [-0.4, -0.2) is 27.0 Å². The predicted octanol–water partition coefficient (Wildman–Crippen LogP) is 1.76. The Kier molecular flexibility index (Phi) is 3.32. The monoisotopic (exact) mass is 308 g/mol. The van der Waals surface area contributed by atoms with E-state index in [1.807, 2.05) is 18.7 Å². The van der Waals surface area contributed by atoms with Crippen molar-refractivity contribution in [2.45, 2.75) is 42.3 Å². The number of benzene rings is 1. The molecule has 2 saturated heterocycles. The predicted molar refractivity (Wildman–Crippen MR) is 75.5 cm³/mol. The molecular formula is C14H14NO5S-. The molecule has 0 radical (unpaired) electrons. The molecule has 0 spiro atoms. The van der Waals surface area contributed by atoms with Crippen molar-refractivity contribution in [3.63, 3.8) is 0 Å². The highest BCUT2D eigenvalue weighted by Crippen LogP contribution is 2.53. The normalized spacial score (nSPS) is 30.3. The van der Waals surface area contributed by atoms with Gasteiger partial charge in [-0.05, 0) is 38.3 Å². The van der Waals surface area contributed by atoms with Gasteiger partial charge in [-0.3, -0.25) is 10.1 Å². The first-order valence-corrected chi connectivity index (χ1v) is 7.67. The summed E-state index contributed by atoms with van der Waals surface area (Å²) < 4.78 is 5.93. The molecule has 0 amide bonds. The first kappa shape index (κ1) is 14.2. The van der Waals surface area contributed by atoms with Gasteiger partial charge in [0.05, 0.1) is 10.9 Å². The summed E-state index contributed by atoms with van der Waals surface area (Å²) in [6, 6.07) is 3.51. The van der Waals surface area contributed by atoms with Gasteiger partial charge in [0, 0.05) is 22.1 Å². The standard InChI is InChI=1S/C14H15NO5S/c1-14(7-9-3-5-12(14)21-9)20-11-6-8(13(16)17)2-4-10(11)15(18)19/h2,4,6,9,12H,3,5,7H2,1H3,(H,16,17)/p-1. The van der Waals surface area contributed by atoms with Crippen molar-refractivity contribution < 1.29 is 19.6 Å². The molecule has 3 atom stereocenters. The molecule has 1 aromatic carbocycles. The Morgan fingerprint density at radius 1 is 1.48 bits per heavy atom. The lowest BCUT2D eigenvalue weighted by Gasteiger charge is -2.33. The lowest BCUT2D eigenvalue weighted by Crippen LogP contribution is -2.41. The van der Waals surface area contributed by atoms with Gasteiger partial charge in [-0.25, -0.2) is 0 Å². The van der Waals surface area contributed by atoms with Gasteiger partial charge >= 0.3 is 5.69 Å². The lowest BCUT2D eigenvalue weighted by molar-refractivity contribution is -0.386. The first-order chi connectivity index (χ1) is 9.89. The van der Waals surface area contributed by atoms with Crippen LogP contribution >= 0.6 is 11.8 Å².